The van der Waals surface area contributed by atoms with E-state index in [0.29, 0.717) is 13.1 Å². The molecule has 4 rings (SSSR count). The van der Waals surface area contributed by atoms with E-state index in [2.05, 4.69) is 27.3 Å². The van der Waals surface area contributed by atoms with E-state index in [4.69, 9.17) is 0 Å². The topological polar surface area (TPSA) is 65.0 Å². The van der Waals surface area contributed by atoms with Crippen LogP contribution in [-0.2, 0) is 9.59 Å². The van der Waals surface area contributed by atoms with E-state index in [9.17, 15) is 9.59 Å². The molecule has 6 heteroatoms. The molecule has 26 heavy (non-hydrogen) atoms. The van der Waals surface area contributed by atoms with Crippen LogP contribution >= 0.6 is 0 Å². The maximum absolute atomic E-state index is 12.9. The quantitative estimate of drug-likeness (QED) is 0.863. The number of anilines is 2. The van der Waals surface area contributed by atoms with Crippen molar-refractivity contribution in [2.24, 2.45) is 4.99 Å². The van der Waals surface area contributed by atoms with Crippen molar-refractivity contribution in [3.63, 3.8) is 0 Å². The van der Waals surface area contributed by atoms with Gasteiger partial charge in [-0.2, -0.15) is 0 Å². The highest BCUT2D eigenvalue weighted by atomic mass is 16.2. The van der Waals surface area contributed by atoms with Gasteiger partial charge < -0.3 is 19.9 Å². The van der Waals surface area contributed by atoms with E-state index < -0.39 is 6.04 Å². The van der Waals surface area contributed by atoms with E-state index in [1.807, 2.05) is 42.5 Å². The SMILES string of the molecule is O=CC1N=C(C(=O)N2CCN(c3ccccc3)CC2)Nc2ccccc21. The number of carbonyl (C=O) groups is 2. The van der Waals surface area contributed by atoms with Crippen molar-refractivity contribution < 1.29 is 9.59 Å². The van der Waals surface area contributed by atoms with Crippen LogP contribution in [0.15, 0.2) is 59.6 Å². The molecule has 0 radical (unpaired) electrons. The first kappa shape index (κ1) is 16.3. The summed E-state index contributed by atoms with van der Waals surface area (Å²) in [7, 11) is 0. The number of amidine groups is 1. The third kappa shape index (κ3) is 3.06. The van der Waals surface area contributed by atoms with Crippen molar-refractivity contribution >= 4 is 29.4 Å². The summed E-state index contributed by atoms with van der Waals surface area (Å²) >= 11 is 0. The van der Waals surface area contributed by atoms with E-state index >= 15 is 0 Å². The summed E-state index contributed by atoms with van der Waals surface area (Å²) in [4.78, 5) is 32.7. The molecule has 0 aromatic heterocycles. The van der Waals surface area contributed by atoms with E-state index in [0.717, 1.165) is 30.6 Å². The van der Waals surface area contributed by atoms with Crippen LogP contribution < -0.4 is 10.2 Å². The van der Waals surface area contributed by atoms with Crippen molar-refractivity contribution in [2.75, 3.05) is 36.4 Å². The first-order chi connectivity index (χ1) is 12.8. The minimum atomic E-state index is -0.628. The summed E-state index contributed by atoms with van der Waals surface area (Å²) in [6.07, 6.45) is 0.778. The van der Waals surface area contributed by atoms with Crippen LogP contribution in [0.2, 0.25) is 0 Å². The fraction of sp³-hybridized carbons (Fsp3) is 0.250. The molecule has 1 unspecified atom stereocenters. The van der Waals surface area contributed by atoms with Gasteiger partial charge in [0.2, 0.25) is 0 Å². The lowest BCUT2D eigenvalue weighted by molar-refractivity contribution is -0.124. The summed E-state index contributed by atoms with van der Waals surface area (Å²) in [6, 6.07) is 17.0. The van der Waals surface area contributed by atoms with Crippen molar-refractivity contribution in [3.8, 4) is 0 Å². The molecule has 2 aliphatic heterocycles. The maximum Gasteiger partial charge on any atom is 0.289 e. The van der Waals surface area contributed by atoms with Gasteiger partial charge in [0.15, 0.2) is 5.84 Å². The van der Waals surface area contributed by atoms with Gasteiger partial charge in [-0.15, -0.1) is 0 Å². The highest BCUT2D eigenvalue weighted by Crippen LogP contribution is 2.28. The van der Waals surface area contributed by atoms with Crippen LogP contribution in [0.5, 0.6) is 0 Å². The molecule has 1 atom stereocenters. The molecular formula is C20H20N4O2. The van der Waals surface area contributed by atoms with Gasteiger partial charge in [0.05, 0.1) is 0 Å². The van der Waals surface area contributed by atoms with Gasteiger partial charge in [-0.3, -0.25) is 4.79 Å². The smallest absolute Gasteiger partial charge is 0.289 e. The van der Waals surface area contributed by atoms with Gasteiger partial charge in [0, 0.05) is 43.1 Å². The van der Waals surface area contributed by atoms with Gasteiger partial charge in [-0.25, -0.2) is 4.99 Å². The predicted octanol–water partition coefficient (Wildman–Crippen LogP) is 2.10. The second-order valence-corrected chi connectivity index (χ2v) is 6.39. The fourth-order valence-corrected chi connectivity index (χ4v) is 3.41. The Hall–Kier alpha value is -3.15. The van der Waals surface area contributed by atoms with Crippen LogP contribution in [0.3, 0.4) is 0 Å². The van der Waals surface area contributed by atoms with Crippen molar-refractivity contribution in [1.82, 2.24) is 4.90 Å². The zero-order chi connectivity index (χ0) is 17.9. The highest BCUT2D eigenvalue weighted by Gasteiger charge is 2.29. The standard InChI is InChI=1S/C20H20N4O2/c25-14-18-16-8-4-5-9-17(16)21-19(22-18)20(26)24-12-10-23(11-13-24)15-6-2-1-3-7-15/h1-9,14,18H,10-13H2,(H,21,22). The van der Waals surface area contributed by atoms with Crippen LogP contribution in [0.1, 0.15) is 11.6 Å². The molecule has 2 aromatic rings. The number of para-hydroxylation sites is 2. The second kappa shape index (κ2) is 7.00. The highest BCUT2D eigenvalue weighted by molar-refractivity contribution is 6.43. The molecular weight excluding hydrogens is 328 g/mol. The summed E-state index contributed by atoms with van der Waals surface area (Å²) in [6.45, 7) is 2.80. The first-order valence-corrected chi connectivity index (χ1v) is 8.74. The van der Waals surface area contributed by atoms with Crippen molar-refractivity contribution in [2.45, 2.75) is 6.04 Å². The lowest BCUT2D eigenvalue weighted by atomic mass is 10.0. The van der Waals surface area contributed by atoms with Gasteiger partial charge in [0.1, 0.15) is 12.3 Å². The molecule has 6 nitrogen and oxygen atoms in total. The summed E-state index contributed by atoms with van der Waals surface area (Å²) in [5.74, 6) is 0.0908. The minimum absolute atomic E-state index is 0.154. The number of aldehydes is 1. The maximum atomic E-state index is 12.9. The van der Waals surface area contributed by atoms with Gasteiger partial charge in [-0.1, -0.05) is 36.4 Å². The van der Waals surface area contributed by atoms with Gasteiger partial charge >= 0.3 is 0 Å². The van der Waals surface area contributed by atoms with Crippen molar-refractivity contribution in [1.29, 1.82) is 0 Å². The number of fused-ring (bicyclic) bond motifs is 1. The average molecular weight is 348 g/mol. The number of piperazine rings is 1. The van der Waals surface area contributed by atoms with Crippen molar-refractivity contribution in [3.05, 3.63) is 60.2 Å². The molecule has 2 heterocycles. The number of rotatable bonds is 3. The first-order valence-electron chi connectivity index (χ1n) is 8.74. The Morgan fingerprint density at radius 3 is 2.42 bits per heavy atom. The fourth-order valence-electron chi connectivity index (χ4n) is 3.41. The minimum Gasteiger partial charge on any atom is -0.368 e. The molecule has 132 valence electrons. The second-order valence-electron chi connectivity index (χ2n) is 6.39. The number of amides is 1. The molecule has 0 bridgehead atoms. The number of hydrogen-bond acceptors (Lipinski definition) is 5. The molecule has 0 aliphatic carbocycles. The molecule has 1 fully saturated rings. The van der Waals surface area contributed by atoms with E-state index in [-0.39, 0.29) is 11.7 Å². The van der Waals surface area contributed by atoms with Gasteiger partial charge in [-0.05, 0) is 18.2 Å². The Labute approximate surface area is 152 Å². The zero-order valence-corrected chi connectivity index (χ0v) is 14.3. The van der Waals surface area contributed by atoms with Gasteiger partial charge in [0.25, 0.3) is 5.91 Å². The molecule has 1 saturated heterocycles. The number of nitrogens with one attached hydrogen (secondary N) is 1. The largest absolute Gasteiger partial charge is 0.368 e. The zero-order valence-electron chi connectivity index (χ0n) is 14.3. The third-order valence-corrected chi connectivity index (χ3v) is 4.82. The summed E-state index contributed by atoms with van der Waals surface area (Å²) in [5, 5.41) is 3.09. The summed E-state index contributed by atoms with van der Waals surface area (Å²) < 4.78 is 0. The van der Waals surface area contributed by atoms with Crippen LogP contribution in [0, 0.1) is 0 Å². The number of hydrogen-bond donors (Lipinski definition) is 1. The molecule has 0 spiro atoms. The van der Waals surface area contributed by atoms with E-state index in [1.54, 1.807) is 4.90 Å². The Kier molecular flexibility index (Phi) is 4.39. The molecule has 0 saturated carbocycles. The van der Waals surface area contributed by atoms with Crippen LogP contribution in [0.25, 0.3) is 0 Å². The predicted molar refractivity (Wildman–Crippen MR) is 102 cm³/mol. The number of benzene rings is 2. The lowest BCUT2D eigenvalue weighted by Gasteiger charge is -2.36. The number of aliphatic imine (C=N–C) groups is 1. The Balaban J connectivity index is 1.46. The number of carbonyl (C=O) groups excluding carboxylic acids is 2. The Bertz CT molecular complexity index is 842. The number of nitrogens with zero attached hydrogens (tertiary/aromatic N) is 3. The van der Waals surface area contributed by atoms with Crippen LogP contribution in [0.4, 0.5) is 11.4 Å². The molecule has 1 N–H and O–H groups in total. The molecule has 2 aromatic carbocycles. The van der Waals surface area contributed by atoms with Crippen LogP contribution in [-0.4, -0.2) is 49.1 Å². The Morgan fingerprint density at radius 1 is 1.00 bits per heavy atom. The normalized spacial score (nSPS) is 19.2. The average Bonchev–Trinajstić information content (AvgIpc) is 2.73. The van der Waals surface area contributed by atoms with E-state index in [1.165, 1.54) is 5.69 Å². The monoisotopic (exact) mass is 348 g/mol. The molecule has 2 aliphatic rings. The summed E-state index contributed by atoms with van der Waals surface area (Å²) in [5.41, 5.74) is 2.74. The molecule has 1 amide bonds. The Morgan fingerprint density at radius 2 is 1.69 bits per heavy atom. The third-order valence-electron chi connectivity index (χ3n) is 4.82. The lowest BCUT2D eigenvalue weighted by Crippen LogP contribution is -2.52.